The molecule has 0 heterocycles. The highest BCUT2D eigenvalue weighted by Crippen LogP contribution is 2.04. The van der Waals surface area contributed by atoms with Gasteiger partial charge in [-0.05, 0) is 6.08 Å². The molecule has 2 N–H and O–H groups in total. The summed E-state index contributed by atoms with van der Waals surface area (Å²) in [5, 5.41) is 10.8. The largest absolute Gasteiger partial charge is 0.371 e. The van der Waals surface area contributed by atoms with Crippen LogP contribution in [0.2, 0.25) is 0 Å². The second kappa shape index (κ2) is 4.55. The molecule has 1 amide bonds. The lowest BCUT2D eigenvalue weighted by molar-refractivity contribution is -0.119. The monoisotopic (exact) mass is 183 g/mol. The third kappa shape index (κ3) is 3.71. The van der Waals surface area contributed by atoms with Crippen LogP contribution in [0, 0.1) is 0 Å². The van der Waals surface area contributed by atoms with Crippen LogP contribution in [-0.4, -0.2) is 22.1 Å². The van der Waals surface area contributed by atoms with Gasteiger partial charge in [0, 0.05) is 0 Å². The molecule has 3 nitrogen and oxygen atoms in total. The number of rotatable bonds is 3. The zero-order chi connectivity index (χ0) is 8.15. The van der Waals surface area contributed by atoms with Gasteiger partial charge in [-0.25, -0.2) is 0 Å². The van der Waals surface area contributed by atoms with Crippen molar-refractivity contribution in [3.05, 3.63) is 12.7 Å². The Hall–Kier alpha value is -0.250. The molecule has 10 heavy (non-hydrogen) atoms. The van der Waals surface area contributed by atoms with Crippen molar-refractivity contribution < 1.29 is 9.90 Å². The average molecular weight is 184 g/mol. The van der Waals surface area contributed by atoms with Gasteiger partial charge in [-0.1, -0.05) is 6.58 Å². The van der Waals surface area contributed by atoms with Crippen molar-refractivity contribution in [1.29, 1.82) is 0 Å². The Labute approximate surface area is 68.6 Å². The van der Waals surface area contributed by atoms with E-state index in [1.165, 1.54) is 0 Å². The number of halogens is 2. The summed E-state index contributed by atoms with van der Waals surface area (Å²) in [5.41, 5.74) is 0. The maximum absolute atomic E-state index is 10.4. The maximum atomic E-state index is 10.4. The summed E-state index contributed by atoms with van der Waals surface area (Å²) in [6.07, 6.45) is -0.229. The van der Waals surface area contributed by atoms with Gasteiger partial charge >= 0.3 is 0 Å². The Morgan fingerprint density at radius 2 is 2.20 bits per heavy atom. The highest BCUT2D eigenvalue weighted by molar-refractivity contribution is 6.44. The predicted molar refractivity (Wildman–Crippen MR) is 39.8 cm³/mol. The van der Waals surface area contributed by atoms with E-state index in [9.17, 15) is 4.79 Å². The second-order valence-electron chi connectivity index (χ2n) is 1.49. The first-order valence-corrected chi connectivity index (χ1v) is 3.34. The lowest BCUT2D eigenvalue weighted by atomic mass is 10.5. The van der Waals surface area contributed by atoms with E-state index in [-0.39, 0.29) is 0 Å². The molecule has 0 aliphatic heterocycles. The molecule has 1 atom stereocenters. The normalized spacial score (nSPS) is 12.8. The first-order valence-electron chi connectivity index (χ1n) is 2.47. The van der Waals surface area contributed by atoms with E-state index < -0.39 is 17.0 Å². The molecular formula is C5H7Cl2NO2. The molecule has 0 aliphatic carbocycles. The van der Waals surface area contributed by atoms with Gasteiger partial charge in [-0.2, -0.15) is 0 Å². The van der Waals surface area contributed by atoms with Crippen molar-refractivity contribution in [2.24, 2.45) is 0 Å². The molecule has 0 unspecified atom stereocenters. The van der Waals surface area contributed by atoms with E-state index >= 15 is 0 Å². The molecular weight excluding hydrogens is 177 g/mol. The van der Waals surface area contributed by atoms with Crippen LogP contribution in [0.5, 0.6) is 0 Å². The molecule has 0 spiro atoms. The summed E-state index contributed by atoms with van der Waals surface area (Å²) >= 11 is 10.4. The number of hydrogen-bond donors (Lipinski definition) is 2. The molecule has 0 saturated carbocycles. The topological polar surface area (TPSA) is 49.3 Å². The zero-order valence-corrected chi connectivity index (χ0v) is 6.56. The quantitative estimate of drug-likeness (QED) is 0.379. The SMILES string of the molecule is C=CC(=O)N[C@H](O)C(Cl)Cl. The van der Waals surface area contributed by atoms with E-state index in [4.69, 9.17) is 28.3 Å². The Kier molecular flexibility index (Phi) is 4.43. The third-order valence-corrected chi connectivity index (χ3v) is 1.19. The van der Waals surface area contributed by atoms with Gasteiger partial charge in [-0.15, -0.1) is 23.2 Å². The third-order valence-electron chi connectivity index (χ3n) is 0.714. The zero-order valence-electron chi connectivity index (χ0n) is 5.05. The minimum absolute atomic E-state index is 0.515. The highest BCUT2D eigenvalue weighted by atomic mass is 35.5. The van der Waals surface area contributed by atoms with E-state index in [2.05, 4.69) is 11.9 Å². The van der Waals surface area contributed by atoms with Crippen molar-refractivity contribution in [3.8, 4) is 0 Å². The Morgan fingerprint density at radius 1 is 1.70 bits per heavy atom. The van der Waals surface area contributed by atoms with Crippen LogP contribution < -0.4 is 5.32 Å². The fraction of sp³-hybridized carbons (Fsp3) is 0.400. The number of aliphatic hydroxyl groups excluding tert-OH is 1. The van der Waals surface area contributed by atoms with Gasteiger partial charge in [0.15, 0.2) is 11.1 Å². The van der Waals surface area contributed by atoms with Gasteiger partial charge < -0.3 is 10.4 Å². The van der Waals surface area contributed by atoms with Crippen LogP contribution in [0.3, 0.4) is 0 Å². The lowest BCUT2D eigenvalue weighted by Gasteiger charge is -2.10. The minimum atomic E-state index is -1.24. The number of hydrogen-bond acceptors (Lipinski definition) is 2. The van der Waals surface area contributed by atoms with Crippen LogP contribution >= 0.6 is 23.2 Å². The van der Waals surface area contributed by atoms with Gasteiger partial charge in [0.25, 0.3) is 0 Å². The fourth-order valence-electron chi connectivity index (χ4n) is 0.268. The van der Waals surface area contributed by atoms with Crippen LogP contribution in [0.25, 0.3) is 0 Å². The molecule has 0 aromatic heterocycles. The average Bonchev–Trinajstić information content (AvgIpc) is 1.87. The van der Waals surface area contributed by atoms with E-state index in [1.54, 1.807) is 0 Å². The Morgan fingerprint density at radius 3 is 2.50 bits per heavy atom. The first kappa shape index (κ1) is 9.75. The Balaban J connectivity index is 3.67. The molecule has 5 heteroatoms. The summed E-state index contributed by atoms with van der Waals surface area (Å²) in [5.74, 6) is -0.515. The molecule has 0 aromatic rings. The maximum Gasteiger partial charge on any atom is 0.245 e. The number of carbonyl (C=O) groups excluding carboxylic acids is 1. The minimum Gasteiger partial charge on any atom is -0.371 e. The Bertz CT molecular complexity index is 138. The molecule has 0 saturated heterocycles. The standard InChI is InChI=1S/C5H7Cl2NO2/c1-2-3(9)8-5(10)4(6)7/h2,4-5,10H,1H2,(H,8,9)/t5-/m1/s1. The molecule has 0 rings (SSSR count). The number of amides is 1. The van der Waals surface area contributed by atoms with Crippen LogP contribution in [0.1, 0.15) is 0 Å². The predicted octanol–water partition coefficient (Wildman–Crippen LogP) is 0.411. The smallest absolute Gasteiger partial charge is 0.245 e. The van der Waals surface area contributed by atoms with Crippen LogP contribution in [0.4, 0.5) is 0 Å². The first-order chi connectivity index (χ1) is 4.57. The number of aliphatic hydroxyl groups is 1. The van der Waals surface area contributed by atoms with Gasteiger partial charge in [0.1, 0.15) is 0 Å². The molecule has 0 aliphatic rings. The van der Waals surface area contributed by atoms with Crippen molar-refractivity contribution in [1.82, 2.24) is 5.32 Å². The fourth-order valence-corrected chi connectivity index (χ4v) is 0.394. The summed E-state index contributed by atoms with van der Waals surface area (Å²) in [6.45, 7) is 3.16. The van der Waals surface area contributed by atoms with Crippen molar-refractivity contribution in [2.45, 2.75) is 11.1 Å². The van der Waals surface area contributed by atoms with Gasteiger partial charge in [-0.3, -0.25) is 4.79 Å². The summed E-state index contributed by atoms with van der Waals surface area (Å²) in [6, 6.07) is 0. The van der Waals surface area contributed by atoms with Crippen molar-refractivity contribution in [2.75, 3.05) is 0 Å². The highest BCUT2D eigenvalue weighted by Gasteiger charge is 2.13. The lowest BCUT2D eigenvalue weighted by Crippen LogP contribution is -2.37. The van der Waals surface area contributed by atoms with Crippen molar-refractivity contribution >= 4 is 29.1 Å². The summed E-state index contributed by atoms with van der Waals surface area (Å²) in [4.78, 5) is 9.40. The van der Waals surface area contributed by atoms with Gasteiger partial charge in [0.2, 0.25) is 5.91 Å². The van der Waals surface area contributed by atoms with E-state index in [0.29, 0.717) is 0 Å². The number of carbonyl (C=O) groups is 1. The van der Waals surface area contributed by atoms with Crippen LogP contribution in [-0.2, 0) is 4.79 Å². The van der Waals surface area contributed by atoms with Gasteiger partial charge in [0.05, 0.1) is 0 Å². The molecule has 0 fully saturated rings. The van der Waals surface area contributed by atoms with Crippen LogP contribution in [0.15, 0.2) is 12.7 Å². The van der Waals surface area contributed by atoms with E-state index in [0.717, 1.165) is 6.08 Å². The molecule has 0 aromatic carbocycles. The summed E-state index contributed by atoms with van der Waals surface area (Å²) < 4.78 is 0. The van der Waals surface area contributed by atoms with E-state index in [1.807, 2.05) is 0 Å². The van der Waals surface area contributed by atoms with Crippen molar-refractivity contribution in [3.63, 3.8) is 0 Å². The second-order valence-corrected chi connectivity index (χ2v) is 2.66. The number of nitrogens with one attached hydrogen (secondary N) is 1. The molecule has 58 valence electrons. The molecule has 0 radical (unpaired) electrons. The summed E-state index contributed by atoms with van der Waals surface area (Å²) in [7, 11) is 0. The molecule has 0 bridgehead atoms. The number of alkyl halides is 2.